The average molecular weight is 348 g/mol. The fraction of sp³-hybridized carbons (Fsp3) is 0.381. The molecule has 5 heteroatoms. The van der Waals surface area contributed by atoms with Crippen LogP contribution in [0.1, 0.15) is 46.3 Å². The lowest BCUT2D eigenvalue weighted by atomic mass is 9.92. The van der Waals surface area contributed by atoms with Gasteiger partial charge in [0.05, 0.1) is 17.5 Å². The lowest BCUT2D eigenvalue weighted by Crippen LogP contribution is -2.40. The maximum absolute atomic E-state index is 13.3. The molecule has 1 aromatic heterocycles. The molecule has 3 heterocycles. The molecule has 1 aromatic carbocycles. The van der Waals surface area contributed by atoms with E-state index in [1.807, 2.05) is 11.0 Å². The van der Waals surface area contributed by atoms with E-state index in [-0.39, 0.29) is 17.3 Å². The molecule has 2 aromatic rings. The number of benzene rings is 1. The SMILES string of the molecule is Cc1ccc(C2(C(=O)N3CCC4(C3)OC(=O)c3cnccc34)CC2)cc1. The summed E-state index contributed by atoms with van der Waals surface area (Å²) in [7, 11) is 0. The number of hydrogen-bond donors (Lipinski definition) is 0. The van der Waals surface area contributed by atoms with Crippen LogP contribution in [0.15, 0.2) is 42.7 Å². The molecule has 1 saturated carbocycles. The molecular formula is C21H20N2O3. The minimum Gasteiger partial charge on any atom is -0.449 e. The summed E-state index contributed by atoms with van der Waals surface area (Å²) in [5.74, 6) is -0.168. The van der Waals surface area contributed by atoms with E-state index in [2.05, 4.69) is 36.2 Å². The van der Waals surface area contributed by atoms with Gasteiger partial charge in [0.1, 0.15) is 0 Å². The highest BCUT2D eigenvalue weighted by molar-refractivity contribution is 5.95. The highest BCUT2D eigenvalue weighted by Crippen LogP contribution is 2.51. The predicted octanol–water partition coefficient (Wildman–Crippen LogP) is 2.72. The van der Waals surface area contributed by atoms with Gasteiger partial charge < -0.3 is 9.64 Å². The van der Waals surface area contributed by atoms with Crippen LogP contribution in [0.3, 0.4) is 0 Å². The Morgan fingerprint density at radius 1 is 1.15 bits per heavy atom. The number of nitrogens with zero attached hydrogens (tertiary/aromatic N) is 2. The number of likely N-dealkylation sites (tertiary alicyclic amines) is 1. The molecule has 0 bridgehead atoms. The number of aromatic nitrogens is 1. The lowest BCUT2D eigenvalue weighted by molar-refractivity contribution is -0.134. The number of esters is 1. The Morgan fingerprint density at radius 2 is 1.92 bits per heavy atom. The smallest absolute Gasteiger partial charge is 0.341 e. The van der Waals surface area contributed by atoms with Crippen molar-refractivity contribution in [2.75, 3.05) is 13.1 Å². The number of aryl methyl sites for hydroxylation is 1. The number of carbonyl (C=O) groups is 2. The van der Waals surface area contributed by atoms with Gasteiger partial charge in [0.2, 0.25) is 5.91 Å². The summed E-state index contributed by atoms with van der Waals surface area (Å²) >= 11 is 0. The molecule has 0 N–H and O–H groups in total. The molecule has 2 aliphatic heterocycles. The molecule has 1 unspecified atom stereocenters. The second-order valence-electron chi connectivity index (χ2n) is 7.73. The van der Waals surface area contributed by atoms with Gasteiger partial charge >= 0.3 is 5.97 Å². The average Bonchev–Trinajstić information content (AvgIpc) is 3.28. The molecular weight excluding hydrogens is 328 g/mol. The summed E-state index contributed by atoms with van der Waals surface area (Å²) in [4.78, 5) is 31.4. The number of ether oxygens (including phenoxy) is 1. The van der Waals surface area contributed by atoms with Crippen molar-refractivity contribution >= 4 is 11.9 Å². The van der Waals surface area contributed by atoms with E-state index in [1.54, 1.807) is 12.4 Å². The molecule has 1 spiro atoms. The summed E-state index contributed by atoms with van der Waals surface area (Å²) in [6.45, 7) is 3.10. The Kier molecular flexibility index (Phi) is 3.09. The van der Waals surface area contributed by atoms with Crippen LogP contribution in [-0.2, 0) is 20.5 Å². The van der Waals surface area contributed by atoms with Gasteiger partial charge in [-0.3, -0.25) is 9.78 Å². The Morgan fingerprint density at radius 3 is 2.65 bits per heavy atom. The predicted molar refractivity (Wildman–Crippen MR) is 94.6 cm³/mol. The highest BCUT2D eigenvalue weighted by atomic mass is 16.6. The zero-order valence-electron chi connectivity index (χ0n) is 14.7. The van der Waals surface area contributed by atoms with E-state index in [1.165, 1.54) is 5.56 Å². The second-order valence-corrected chi connectivity index (χ2v) is 7.73. The Bertz CT molecular complexity index is 917. The van der Waals surface area contributed by atoms with Crippen LogP contribution < -0.4 is 0 Å². The van der Waals surface area contributed by atoms with Crippen LogP contribution in [0.5, 0.6) is 0 Å². The lowest BCUT2D eigenvalue weighted by Gasteiger charge is -2.27. The van der Waals surface area contributed by atoms with Gasteiger partial charge in [0, 0.05) is 30.9 Å². The second kappa shape index (κ2) is 5.16. The monoisotopic (exact) mass is 348 g/mol. The minimum absolute atomic E-state index is 0.164. The first kappa shape index (κ1) is 15.6. The van der Waals surface area contributed by atoms with Gasteiger partial charge in [-0.15, -0.1) is 0 Å². The molecule has 1 saturated heterocycles. The van der Waals surface area contributed by atoms with Crippen molar-refractivity contribution in [3.63, 3.8) is 0 Å². The molecule has 5 rings (SSSR count). The summed E-state index contributed by atoms with van der Waals surface area (Å²) in [5, 5.41) is 0. The number of carbonyl (C=O) groups excluding carboxylic acids is 2. The standard InChI is InChI=1S/C21H20N2O3/c1-14-2-4-15(5-3-14)20(7-8-20)19(25)23-11-9-21(13-23)17-6-10-22-12-16(17)18(24)26-21/h2-6,10,12H,7-9,11,13H2,1H3. The number of fused-ring (bicyclic) bond motifs is 2. The van der Waals surface area contributed by atoms with Crippen molar-refractivity contribution in [3.8, 4) is 0 Å². The molecule has 1 atom stereocenters. The molecule has 1 aliphatic carbocycles. The van der Waals surface area contributed by atoms with Crippen molar-refractivity contribution in [1.29, 1.82) is 0 Å². The Hall–Kier alpha value is -2.69. The first-order valence-electron chi connectivity index (χ1n) is 9.09. The van der Waals surface area contributed by atoms with E-state index >= 15 is 0 Å². The normalized spacial score (nSPS) is 25.3. The first-order valence-corrected chi connectivity index (χ1v) is 9.09. The van der Waals surface area contributed by atoms with Crippen molar-refractivity contribution in [1.82, 2.24) is 9.88 Å². The highest BCUT2D eigenvalue weighted by Gasteiger charge is 2.57. The summed E-state index contributed by atoms with van der Waals surface area (Å²) in [6.07, 6.45) is 5.66. The molecule has 0 radical (unpaired) electrons. The Balaban J connectivity index is 1.43. The van der Waals surface area contributed by atoms with Crippen molar-refractivity contribution < 1.29 is 14.3 Å². The fourth-order valence-corrected chi connectivity index (χ4v) is 4.43. The van der Waals surface area contributed by atoms with E-state index < -0.39 is 5.60 Å². The number of pyridine rings is 1. The fourth-order valence-electron chi connectivity index (χ4n) is 4.43. The molecule has 2 fully saturated rings. The zero-order chi connectivity index (χ0) is 17.9. The molecule has 5 nitrogen and oxygen atoms in total. The van der Waals surface area contributed by atoms with Gasteiger partial charge in [0.15, 0.2) is 5.60 Å². The van der Waals surface area contributed by atoms with E-state index in [9.17, 15) is 9.59 Å². The van der Waals surface area contributed by atoms with Gasteiger partial charge in [-0.05, 0) is 31.4 Å². The summed E-state index contributed by atoms with van der Waals surface area (Å²) in [5.41, 5.74) is 2.61. The third-order valence-electron chi connectivity index (χ3n) is 6.10. The molecule has 26 heavy (non-hydrogen) atoms. The van der Waals surface area contributed by atoms with E-state index in [0.717, 1.165) is 24.0 Å². The van der Waals surface area contributed by atoms with Crippen molar-refractivity contribution in [3.05, 3.63) is 65.0 Å². The van der Waals surface area contributed by atoms with Crippen molar-refractivity contribution in [2.24, 2.45) is 0 Å². The topological polar surface area (TPSA) is 59.5 Å². The molecule has 132 valence electrons. The van der Waals surface area contributed by atoms with Crippen molar-refractivity contribution in [2.45, 2.75) is 37.2 Å². The van der Waals surface area contributed by atoms with Gasteiger partial charge in [0.25, 0.3) is 0 Å². The van der Waals surface area contributed by atoms with Crippen LogP contribution in [0.25, 0.3) is 0 Å². The summed E-state index contributed by atoms with van der Waals surface area (Å²) < 4.78 is 5.74. The van der Waals surface area contributed by atoms with E-state index in [0.29, 0.717) is 25.1 Å². The zero-order valence-corrected chi connectivity index (χ0v) is 14.7. The molecule has 3 aliphatic rings. The number of amides is 1. The minimum atomic E-state index is -0.700. The van der Waals surface area contributed by atoms with Gasteiger partial charge in [-0.2, -0.15) is 0 Å². The first-order chi connectivity index (χ1) is 12.5. The maximum Gasteiger partial charge on any atom is 0.341 e. The van der Waals surface area contributed by atoms with Crippen LogP contribution in [0.2, 0.25) is 0 Å². The van der Waals surface area contributed by atoms with Crippen LogP contribution >= 0.6 is 0 Å². The number of hydrogen-bond acceptors (Lipinski definition) is 4. The third kappa shape index (κ3) is 2.06. The van der Waals surface area contributed by atoms with Gasteiger partial charge in [-0.25, -0.2) is 4.79 Å². The summed E-state index contributed by atoms with van der Waals surface area (Å²) in [6, 6.07) is 10.1. The van der Waals surface area contributed by atoms with Gasteiger partial charge in [-0.1, -0.05) is 29.8 Å². The molecule has 1 amide bonds. The van der Waals surface area contributed by atoms with Crippen LogP contribution in [-0.4, -0.2) is 34.8 Å². The van der Waals surface area contributed by atoms with Crippen LogP contribution in [0.4, 0.5) is 0 Å². The largest absolute Gasteiger partial charge is 0.449 e. The third-order valence-corrected chi connectivity index (χ3v) is 6.10. The van der Waals surface area contributed by atoms with E-state index in [4.69, 9.17) is 4.74 Å². The number of rotatable bonds is 2. The maximum atomic E-state index is 13.3. The quantitative estimate of drug-likeness (QED) is 0.783. The Labute approximate surface area is 152 Å². The van der Waals surface area contributed by atoms with Crippen LogP contribution in [0, 0.1) is 6.92 Å².